The molecular formula is C12H16O4S. The van der Waals surface area contributed by atoms with Crippen LogP contribution < -0.4 is 4.74 Å². The second-order valence-electron chi connectivity index (χ2n) is 3.82. The summed E-state index contributed by atoms with van der Waals surface area (Å²) in [5, 5.41) is 0. The molecule has 5 heteroatoms. The normalized spacial score (nSPS) is 11.2. The molecule has 0 N–H and O–H groups in total. The lowest BCUT2D eigenvalue weighted by Crippen LogP contribution is -2.10. The molecule has 0 aliphatic rings. The zero-order chi connectivity index (χ0) is 12.9. The maximum absolute atomic E-state index is 11.2. The molecule has 1 aromatic carbocycles. The minimum Gasteiger partial charge on any atom is -0.486 e. The molecule has 0 fully saturated rings. The minimum atomic E-state index is -3.18. The van der Waals surface area contributed by atoms with Gasteiger partial charge in [-0.15, -0.1) is 0 Å². The predicted octanol–water partition coefficient (Wildman–Crippen LogP) is 1.84. The van der Waals surface area contributed by atoms with Gasteiger partial charge in [-0.2, -0.15) is 0 Å². The van der Waals surface area contributed by atoms with Gasteiger partial charge in [0.05, 0.1) is 4.90 Å². The highest BCUT2D eigenvalue weighted by molar-refractivity contribution is 7.90. The number of ether oxygens (including phenoxy) is 1. The Kier molecular flexibility index (Phi) is 4.69. The van der Waals surface area contributed by atoms with Crippen molar-refractivity contribution in [2.24, 2.45) is 0 Å². The minimum absolute atomic E-state index is 0.0338. The van der Waals surface area contributed by atoms with Crippen LogP contribution in [0, 0.1) is 0 Å². The number of Topliss-reactive ketones (excluding diaryl/α,β-unsaturated/α-hetero) is 1. The van der Waals surface area contributed by atoms with Crippen LogP contribution in [0.5, 0.6) is 5.75 Å². The molecule has 0 spiro atoms. The highest BCUT2D eigenvalue weighted by atomic mass is 32.2. The van der Waals surface area contributed by atoms with Gasteiger partial charge < -0.3 is 4.74 Å². The second-order valence-corrected chi connectivity index (χ2v) is 5.84. The third-order valence-electron chi connectivity index (χ3n) is 2.18. The molecule has 0 saturated carbocycles. The van der Waals surface area contributed by atoms with Crippen LogP contribution in [0.15, 0.2) is 29.2 Å². The van der Waals surface area contributed by atoms with Crippen molar-refractivity contribution in [2.75, 3.05) is 12.9 Å². The number of carbonyl (C=O) groups is 1. The van der Waals surface area contributed by atoms with Gasteiger partial charge >= 0.3 is 0 Å². The van der Waals surface area contributed by atoms with Gasteiger partial charge in [-0.05, 0) is 30.7 Å². The van der Waals surface area contributed by atoms with Gasteiger partial charge in [0.15, 0.2) is 15.6 Å². The first-order valence-corrected chi connectivity index (χ1v) is 7.27. The molecule has 0 heterocycles. The van der Waals surface area contributed by atoms with Crippen molar-refractivity contribution in [1.82, 2.24) is 0 Å². The SMILES string of the molecule is CCCC(=O)COc1ccc(S(C)(=O)=O)cc1. The molecular weight excluding hydrogens is 240 g/mol. The van der Waals surface area contributed by atoms with Crippen molar-refractivity contribution in [2.45, 2.75) is 24.7 Å². The van der Waals surface area contributed by atoms with Crippen molar-refractivity contribution < 1.29 is 17.9 Å². The first-order chi connectivity index (χ1) is 7.93. The number of ketones is 1. The average Bonchev–Trinajstić information content (AvgIpc) is 2.26. The summed E-state index contributed by atoms with van der Waals surface area (Å²) in [4.78, 5) is 11.5. The summed E-state index contributed by atoms with van der Waals surface area (Å²) in [6, 6.07) is 6.04. The number of rotatable bonds is 6. The molecule has 1 aromatic rings. The summed E-state index contributed by atoms with van der Waals surface area (Å²) in [5.74, 6) is 0.543. The van der Waals surface area contributed by atoms with E-state index in [1.54, 1.807) is 12.1 Å². The Morgan fingerprint density at radius 1 is 1.24 bits per heavy atom. The third kappa shape index (κ3) is 4.56. The molecule has 0 aliphatic carbocycles. The summed E-state index contributed by atoms with van der Waals surface area (Å²) >= 11 is 0. The maximum atomic E-state index is 11.2. The fourth-order valence-corrected chi connectivity index (χ4v) is 1.93. The van der Waals surface area contributed by atoms with Gasteiger partial charge in [0, 0.05) is 12.7 Å². The van der Waals surface area contributed by atoms with Gasteiger partial charge in [0.1, 0.15) is 12.4 Å². The first-order valence-electron chi connectivity index (χ1n) is 5.38. The standard InChI is InChI=1S/C12H16O4S/c1-3-4-10(13)9-16-11-5-7-12(8-6-11)17(2,14)15/h5-8H,3-4,9H2,1-2H3. The van der Waals surface area contributed by atoms with E-state index in [2.05, 4.69) is 0 Å². The molecule has 0 atom stereocenters. The molecule has 0 aromatic heterocycles. The van der Waals surface area contributed by atoms with E-state index in [0.717, 1.165) is 12.7 Å². The Labute approximate surface area is 102 Å². The molecule has 0 amide bonds. The fraction of sp³-hybridized carbons (Fsp3) is 0.417. The highest BCUT2D eigenvalue weighted by Gasteiger charge is 2.07. The largest absolute Gasteiger partial charge is 0.486 e. The monoisotopic (exact) mass is 256 g/mol. The number of hydrogen-bond acceptors (Lipinski definition) is 4. The van der Waals surface area contributed by atoms with Gasteiger partial charge in [0.25, 0.3) is 0 Å². The van der Waals surface area contributed by atoms with Crippen LogP contribution in [0.2, 0.25) is 0 Å². The molecule has 0 bridgehead atoms. The van der Waals surface area contributed by atoms with E-state index in [4.69, 9.17) is 4.74 Å². The molecule has 94 valence electrons. The zero-order valence-corrected chi connectivity index (χ0v) is 10.8. The van der Waals surface area contributed by atoms with Crippen molar-refractivity contribution in [1.29, 1.82) is 0 Å². The Morgan fingerprint density at radius 2 is 1.82 bits per heavy atom. The van der Waals surface area contributed by atoms with E-state index in [0.29, 0.717) is 12.2 Å². The highest BCUT2D eigenvalue weighted by Crippen LogP contribution is 2.15. The van der Waals surface area contributed by atoms with Crippen LogP contribution in [0.25, 0.3) is 0 Å². The van der Waals surface area contributed by atoms with E-state index in [1.807, 2.05) is 6.92 Å². The molecule has 0 radical (unpaired) electrons. The number of hydrogen-bond donors (Lipinski definition) is 0. The van der Waals surface area contributed by atoms with Gasteiger partial charge in [-0.1, -0.05) is 6.92 Å². The van der Waals surface area contributed by atoms with Gasteiger partial charge in [0.2, 0.25) is 0 Å². The van der Waals surface area contributed by atoms with Crippen LogP contribution >= 0.6 is 0 Å². The summed E-state index contributed by atoms with van der Waals surface area (Å²) in [5.41, 5.74) is 0. The van der Waals surface area contributed by atoms with E-state index < -0.39 is 9.84 Å². The van der Waals surface area contributed by atoms with Crippen molar-refractivity contribution in [3.05, 3.63) is 24.3 Å². The Bertz CT molecular complexity index is 474. The van der Waals surface area contributed by atoms with E-state index in [1.165, 1.54) is 12.1 Å². The summed E-state index contributed by atoms with van der Waals surface area (Å²) < 4.78 is 27.6. The molecule has 4 nitrogen and oxygen atoms in total. The summed E-state index contributed by atoms with van der Waals surface area (Å²) in [7, 11) is -3.18. The smallest absolute Gasteiger partial charge is 0.175 e. The van der Waals surface area contributed by atoms with Crippen LogP contribution in [-0.2, 0) is 14.6 Å². The quantitative estimate of drug-likeness (QED) is 0.779. The number of carbonyl (C=O) groups excluding carboxylic acids is 1. The zero-order valence-electron chi connectivity index (χ0n) is 9.97. The van der Waals surface area contributed by atoms with E-state index in [-0.39, 0.29) is 17.3 Å². The molecule has 0 saturated heterocycles. The van der Waals surface area contributed by atoms with Gasteiger partial charge in [-0.3, -0.25) is 4.79 Å². The molecule has 17 heavy (non-hydrogen) atoms. The predicted molar refractivity (Wildman–Crippen MR) is 65.0 cm³/mol. The lowest BCUT2D eigenvalue weighted by molar-refractivity contribution is -0.121. The van der Waals surface area contributed by atoms with E-state index >= 15 is 0 Å². The van der Waals surface area contributed by atoms with Gasteiger partial charge in [-0.25, -0.2) is 8.42 Å². The van der Waals surface area contributed by atoms with E-state index in [9.17, 15) is 13.2 Å². The lowest BCUT2D eigenvalue weighted by atomic mass is 10.2. The Hall–Kier alpha value is -1.36. The molecule has 1 rings (SSSR count). The van der Waals surface area contributed by atoms with Crippen LogP contribution in [0.3, 0.4) is 0 Å². The second kappa shape index (κ2) is 5.82. The summed E-state index contributed by atoms with van der Waals surface area (Å²) in [6.07, 6.45) is 2.45. The lowest BCUT2D eigenvalue weighted by Gasteiger charge is -2.05. The average molecular weight is 256 g/mol. The number of benzene rings is 1. The molecule has 0 aliphatic heterocycles. The Morgan fingerprint density at radius 3 is 2.29 bits per heavy atom. The topological polar surface area (TPSA) is 60.4 Å². The van der Waals surface area contributed by atoms with Crippen molar-refractivity contribution in [3.8, 4) is 5.75 Å². The Balaban J connectivity index is 2.60. The van der Waals surface area contributed by atoms with Crippen molar-refractivity contribution in [3.63, 3.8) is 0 Å². The van der Waals surface area contributed by atoms with Crippen LogP contribution in [0.1, 0.15) is 19.8 Å². The first kappa shape index (κ1) is 13.7. The van der Waals surface area contributed by atoms with Crippen LogP contribution in [0.4, 0.5) is 0 Å². The third-order valence-corrected chi connectivity index (χ3v) is 3.31. The maximum Gasteiger partial charge on any atom is 0.175 e. The molecule has 0 unspecified atom stereocenters. The van der Waals surface area contributed by atoms with Crippen molar-refractivity contribution >= 4 is 15.6 Å². The fourth-order valence-electron chi connectivity index (χ4n) is 1.30. The van der Waals surface area contributed by atoms with Crippen LogP contribution in [-0.4, -0.2) is 27.1 Å². The summed E-state index contributed by atoms with van der Waals surface area (Å²) in [6.45, 7) is 1.96. The number of sulfone groups is 1.